The highest BCUT2D eigenvalue weighted by Gasteiger charge is 2.47. The summed E-state index contributed by atoms with van der Waals surface area (Å²) in [6.07, 6.45) is 1.94. The van der Waals surface area contributed by atoms with E-state index < -0.39 is 0 Å². The highest BCUT2D eigenvalue weighted by atomic mass is 16.3. The van der Waals surface area contributed by atoms with Crippen LogP contribution < -0.4 is 0 Å². The van der Waals surface area contributed by atoms with Crippen molar-refractivity contribution < 1.29 is 5.11 Å². The molecular formula is C6H12O. The maximum absolute atomic E-state index is 9.21. The van der Waals surface area contributed by atoms with E-state index in [1.807, 2.05) is 6.92 Å². The minimum Gasteiger partial charge on any atom is -0.390 e. The van der Waals surface area contributed by atoms with Crippen LogP contribution in [0.4, 0.5) is 0 Å². The molecule has 1 aliphatic carbocycles. The Bertz CT molecular complexity index is 76.2. The molecule has 2 atom stereocenters. The SMILES string of the molecule is CCC1(O)CC1C. The summed E-state index contributed by atoms with van der Waals surface area (Å²) >= 11 is 0. The van der Waals surface area contributed by atoms with Gasteiger partial charge < -0.3 is 5.11 Å². The molecule has 1 heteroatoms. The molecule has 1 fully saturated rings. The molecule has 0 radical (unpaired) electrons. The van der Waals surface area contributed by atoms with Crippen molar-refractivity contribution in [2.24, 2.45) is 5.92 Å². The van der Waals surface area contributed by atoms with Crippen molar-refractivity contribution in [3.05, 3.63) is 0 Å². The van der Waals surface area contributed by atoms with E-state index in [-0.39, 0.29) is 5.60 Å². The first-order valence-electron chi connectivity index (χ1n) is 2.91. The molecular weight excluding hydrogens is 88.1 g/mol. The van der Waals surface area contributed by atoms with E-state index in [1.165, 1.54) is 0 Å². The fraction of sp³-hybridized carbons (Fsp3) is 1.00. The highest BCUT2D eigenvalue weighted by Crippen LogP contribution is 2.44. The first-order valence-corrected chi connectivity index (χ1v) is 2.91. The minimum absolute atomic E-state index is 0.250. The number of rotatable bonds is 1. The molecule has 0 aliphatic heterocycles. The van der Waals surface area contributed by atoms with Crippen LogP contribution in [0.15, 0.2) is 0 Å². The quantitative estimate of drug-likeness (QED) is 0.524. The summed E-state index contributed by atoms with van der Waals surface area (Å²) in [7, 11) is 0. The Balaban J connectivity index is 2.36. The first kappa shape index (κ1) is 5.10. The van der Waals surface area contributed by atoms with E-state index in [9.17, 15) is 5.11 Å². The second kappa shape index (κ2) is 1.22. The Labute approximate surface area is 44.4 Å². The van der Waals surface area contributed by atoms with Crippen LogP contribution in [0.5, 0.6) is 0 Å². The van der Waals surface area contributed by atoms with Gasteiger partial charge in [0.1, 0.15) is 0 Å². The van der Waals surface area contributed by atoms with Crippen molar-refractivity contribution in [2.45, 2.75) is 32.3 Å². The van der Waals surface area contributed by atoms with Crippen LogP contribution in [0, 0.1) is 5.92 Å². The number of aliphatic hydroxyl groups is 1. The molecule has 0 bridgehead atoms. The van der Waals surface area contributed by atoms with Gasteiger partial charge >= 0.3 is 0 Å². The van der Waals surface area contributed by atoms with Gasteiger partial charge in [0, 0.05) is 0 Å². The lowest BCUT2D eigenvalue weighted by molar-refractivity contribution is 0.130. The van der Waals surface area contributed by atoms with Gasteiger partial charge in [-0.15, -0.1) is 0 Å². The summed E-state index contributed by atoms with van der Waals surface area (Å²) in [5.74, 6) is 0.567. The van der Waals surface area contributed by atoms with Crippen LogP contribution in [0.3, 0.4) is 0 Å². The fourth-order valence-corrected chi connectivity index (χ4v) is 0.964. The zero-order valence-corrected chi connectivity index (χ0v) is 4.94. The van der Waals surface area contributed by atoms with Gasteiger partial charge in [0.25, 0.3) is 0 Å². The molecule has 1 nitrogen and oxygen atoms in total. The zero-order chi connectivity index (χ0) is 5.49. The summed E-state index contributed by atoms with van der Waals surface area (Å²) in [5.41, 5.74) is -0.250. The van der Waals surface area contributed by atoms with Gasteiger partial charge in [-0.3, -0.25) is 0 Å². The Morgan fingerprint density at radius 2 is 2.29 bits per heavy atom. The van der Waals surface area contributed by atoms with Gasteiger partial charge in [-0.25, -0.2) is 0 Å². The third-order valence-corrected chi connectivity index (χ3v) is 2.03. The van der Waals surface area contributed by atoms with Crippen molar-refractivity contribution in [3.8, 4) is 0 Å². The van der Waals surface area contributed by atoms with Gasteiger partial charge in [0.05, 0.1) is 5.60 Å². The molecule has 0 spiro atoms. The fourth-order valence-electron chi connectivity index (χ4n) is 0.964. The molecule has 0 saturated heterocycles. The molecule has 0 heterocycles. The van der Waals surface area contributed by atoms with E-state index >= 15 is 0 Å². The van der Waals surface area contributed by atoms with Gasteiger partial charge in [-0.1, -0.05) is 13.8 Å². The van der Waals surface area contributed by atoms with E-state index in [0.29, 0.717) is 5.92 Å². The van der Waals surface area contributed by atoms with E-state index in [1.54, 1.807) is 0 Å². The molecule has 7 heavy (non-hydrogen) atoms. The van der Waals surface area contributed by atoms with Gasteiger partial charge in [-0.05, 0) is 18.8 Å². The summed E-state index contributed by atoms with van der Waals surface area (Å²) in [5, 5.41) is 9.21. The van der Waals surface area contributed by atoms with E-state index in [0.717, 1.165) is 12.8 Å². The molecule has 1 N–H and O–H groups in total. The summed E-state index contributed by atoms with van der Waals surface area (Å²) < 4.78 is 0. The van der Waals surface area contributed by atoms with Crippen LogP contribution in [-0.4, -0.2) is 10.7 Å². The zero-order valence-electron chi connectivity index (χ0n) is 4.94. The first-order chi connectivity index (χ1) is 3.19. The summed E-state index contributed by atoms with van der Waals surface area (Å²) in [6.45, 7) is 4.12. The van der Waals surface area contributed by atoms with Crippen LogP contribution in [0.1, 0.15) is 26.7 Å². The van der Waals surface area contributed by atoms with Crippen molar-refractivity contribution in [2.75, 3.05) is 0 Å². The second-order valence-corrected chi connectivity index (χ2v) is 2.56. The maximum Gasteiger partial charge on any atom is 0.0675 e. The molecule has 0 aromatic carbocycles. The molecule has 42 valence electrons. The Kier molecular flexibility index (Phi) is 0.890. The van der Waals surface area contributed by atoms with Crippen molar-refractivity contribution in [1.29, 1.82) is 0 Å². The summed E-state index contributed by atoms with van der Waals surface area (Å²) in [4.78, 5) is 0. The molecule has 1 aliphatic rings. The lowest BCUT2D eigenvalue weighted by Gasteiger charge is -2.00. The Morgan fingerprint density at radius 1 is 1.86 bits per heavy atom. The lowest BCUT2D eigenvalue weighted by Crippen LogP contribution is -2.06. The molecule has 0 aromatic heterocycles. The number of hydrogen-bond acceptors (Lipinski definition) is 1. The van der Waals surface area contributed by atoms with Crippen LogP contribution >= 0.6 is 0 Å². The predicted octanol–water partition coefficient (Wildman–Crippen LogP) is 1.17. The van der Waals surface area contributed by atoms with Gasteiger partial charge in [0.2, 0.25) is 0 Å². The molecule has 1 rings (SSSR count). The average molecular weight is 100 g/mol. The normalized spacial score (nSPS) is 49.3. The monoisotopic (exact) mass is 100 g/mol. The van der Waals surface area contributed by atoms with Crippen LogP contribution in [-0.2, 0) is 0 Å². The maximum atomic E-state index is 9.21. The Morgan fingerprint density at radius 3 is 2.29 bits per heavy atom. The topological polar surface area (TPSA) is 20.2 Å². The standard InChI is InChI=1S/C6H12O/c1-3-6(7)4-5(6)2/h5,7H,3-4H2,1-2H3. The summed E-state index contributed by atoms with van der Waals surface area (Å²) in [6, 6.07) is 0. The predicted molar refractivity (Wildman–Crippen MR) is 29.0 cm³/mol. The highest BCUT2D eigenvalue weighted by molar-refractivity contribution is 4.99. The third kappa shape index (κ3) is 0.653. The van der Waals surface area contributed by atoms with Crippen molar-refractivity contribution >= 4 is 0 Å². The molecule has 1 saturated carbocycles. The number of hydrogen-bond donors (Lipinski definition) is 1. The van der Waals surface area contributed by atoms with E-state index in [4.69, 9.17) is 0 Å². The molecule has 0 amide bonds. The average Bonchev–Trinajstić information content (AvgIpc) is 2.18. The molecule has 2 unspecified atom stereocenters. The lowest BCUT2D eigenvalue weighted by atomic mass is 10.2. The van der Waals surface area contributed by atoms with Crippen molar-refractivity contribution in [1.82, 2.24) is 0 Å². The van der Waals surface area contributed by atoms with Crippen molar-refractivity contribution in [3.63, 3.8) is 0 Å². The van der Waals surface area contributed by atoms with Crippen LogP contribution in [0.25, 0.3) is 0 Å². The van der Waals surface area contributed by atoms with Gasteiger partial charge in [0.15, 0.2) is 0 Å². The van der Waals surface area contributed by atoms with Gasteiger partial charge in [-0.2, -0.15) is 0 Å². The second-order valence-electron chi connectivity index (χ2n) is 2.56. The third-order valence-electron chi connectivity index (χ3n) is 2.03. The van der Waals surface area contributed by atoms with E-state index in [2.05, 4.69) is 6.92 Å². The molecule has 0 aromatic rings. The van der Waals surface area contributed by atoms with Crippen LogP contribution in [0.2, 0.25) is 0 Å². The Hall–Kier alpha value is -0.0400. The minimum atomic E-state index is -0.250. The smallest absolute Gasteiger partial charge is 0.0675 e. The largest absolute Gasteiger partial charge is 0.390 e.